The van der Waals surface area contributed by atoms with Gasteiger partial charge in [-0.05, 0) is 48.6 Å². The summed E-state index contributed by atoms with van der Waals surface area (Å²) in [6, 6.07) is 14.7. The fourth-order valence-corrected chi connectivity index (χ4v) is 3.30. The van der Waals surface area contributed by atoms with Gasteiger partial charge in [0.1, 0.15) is 0 Å². The monoisotopic (exact) mass is 393 g/mol. The molecule has 1 N–H and O–H groups in total. The van der Waals surface area contributed by atoms with Crippen molar-refractivity contribution in [1.29, 1.82) is 0 Å². The second-order valence-corrected chi connectivity index (χ2v) is 7.27. The number of nitrogens with zero attached hydrogens (tertiary/aromatic N) is 2. The molecule has 6 heteroatoms. The van der Waals surface area contributed by atoms with E-state index in [1.54, 1.807) is 13.1 Å². The van der Waals surface area contributed by atoms with Gasteiger partial charge in [0.15, 0.2) is 0 Å². The van der Waals surface area contributed by atoms with Crippen LogP contribution in [0, 0.1) is 13.8 Å². The van der Waals surface area contributed by atoms with Gasteiger partial charge in [-0.15, -0.1) is 11.3 Å². The number of nitrogens with one attached hydrogen (secondary N) is 1. The summed E-state index contributed by atoms with van der Waals surface area (Å²) in [6.07, 6.45) is 1.92. The van der Waals surface area contributed by atoms with Gasteiger partial charge in [0.2, 0.25) is 5.13 Å². The van der Waals surface area contributed by atoms with Crippen molar-refractivity contribution in [3.63, 3.8) is 0 Å². The normalized spacial score (nSPS) is 11.0. The van der Waals surface area contributed by atoms with Gasteiger partial charge in [0.25, 0.3) is 0 Å². The summed E-state index contributed by atoms with van der Waals surface area (Å²) >= 11 is 1.40. The van der Waals surface area contributed by atoms with Crippen molar-refractivity contribution in [2.45, 2.75) is 27.2 Å². The molecule has 0 radical (unpaired) electrons. The van der Waals surface area contributed by atoms with E-state index >= 15 is 0 Å². The number of carbonyl (C=O) groups is 1. The van der Waals surface area contributed by atoms with Gasteiger partial charge in [-0.3, -0.25) is 10.2 Å². The van der Waals surface area contributed by atoms with E-state index in [2.05, 4.69) is 59.7 Å². The van der Waals surface area contributed by atoms with E-state index in [0.29, 0.717) is 17.4 Å². The molecule has 0 amide bonds. The minimum Gasteiger partial charge on any atom is -0.466 e. The Hall–Kier alpha value is -2.99. The molecule has 1 heterocycles. The number of aromatic nitrogens is 1. The van der Waals surface area contributed by atoms with E-state index < -0.39 is 0 Å². The quantitative estimate of drug-likeness (QED) is 0.349. The van der Waals surface area contributed by atoms with Crippen molar-refractivity contribution in [2.24, 2.45) is 5.10 Å². The molecule has 0 atom stereocenters. The highest BCUT2D eigenvalue weighted by Gasteiger charge is 2.07. The van der Waals surface area contributed by atoms with E-state index in [-0.39, 0.29) is 12.4 Å². The van der Waals surface area contributed by atoms with E-state index in [4.69, 9.17) is 4.74 Å². The number of hydrazone groups is 1. The minimum absolute atomic E-state index is 0.176. The van der Waals surface area contributed by atoms with Crippen LogP contribution in [-0.4, -0.2) is 23.8 Å². The largest absolute Gasteiger partial charge is 0.466 e. The van der Waals surface area contributed by atoms with E-state index in [0.717, 1.165) is 5.56 Å². The average molecular weight is 394 g/mol. The van der Waals surface area contributed by atoms with Crippen LogP contribution in [0.5, 0.6) is 0 Å². The molecule has 28 heavy (non-hydrogen) atoms. The predicted molar refractivity (Wildman–Crippen MR) is 115 cm³/mol. The molecule has 3 aromatic rings. The summed E-state index contributed by atoms with van der Waals surface area (Å²) in [5, 5.41) is 6.69. The number of thiazole rings is 1. The van der Waals surface area contributed by atoms with Crippen molar-refractivity contribution in [1.82, 2.24) is 4.98 Å². The molecule has 5 nitrogen and oxygen atoms in total. The Kier molecular flexibility index (Phi) is 6.55. The van der Waals surface area contributed by atoms with Crippen LogP contribution in [0.25, 0.3) is 11.1 Å². The molecule has 2 aromatic carbocycles. The van der Waals surface area contributed by atoms with E-state index in [1.807, 2.05) is 17.5 Å². The van der Waals surface area contributed by atoms with Crippen LogP contribution in [0.4, 0.5) is 5.13 Å². The van der Waals surface area contributed by atoms with Gasteiger partial charge >= 0.3 is 5.97 Å². The lowest BCUT2D eigenvalue weighted by Gasteiger charge is -2.06. The van der Waals surface area contributed by atoms with Gasteiger partial charge in [-0.25, -0.2) is 4.98 Å². The van der Waals surface area contributed by atoms with Crippen LogP contribution in [0.3, 0.4) is 0 Å². The topological polar surface area (TPSA) is 63.6 Å². The van der Waals surface area contributed by atoms with Crippen molar-refractivity contribution in [3.8, 4) is 11.1 Å². The lowest BCUT2D eigenvalue weighted by Crippen LogP contribution is -2.07. The maximum absolute atomic E-state index is 11.5. The molecule has 0 spiro atoms. The predicted octanol–water partition coefficient (Wildman–Crippen LogP) is 4.98. The van der Waals surface area contributed by atoms with Crippen LogP contribution < -0.4 is 5.43 Å². The zero-order chi connectivity index (χ0) is 19.9. The maximum atomic E-state index is 11.5. The third-order valence-corrected chi connectivity index (χ3v) is 5.10. The van der Waals surface area contributed by atoms with Gasteiger partial charge in [-0.1, -0.05) is 42.5 Å². The number of ether oxygens (including phenoxy) is 1. The molecule has 0 bridgehead atoms. The third kappa shape index (κ3) is 5.27. The second kappa shape index (κ2) is 9.28. The van der Waals surface area contributed by atoms with Crippen LogP contribution in [0.1, 0.15) is 29.3 Å². The second-order valence-electron chi connectivity index (χ2n) is 6.42. The summed E-state index contributed by atoms with van der Waals surface area (Å²) in [6.45, 7) is 6.41. The van der Waals surface area contributed by atoms with E-state index in [9.17, 15) is 4.79 Å². The van der Waals surface area contributed by atoms with E-state index in [1.165, 1.54) is 33.6 Å². The van der Waals surface area contributed by atoms with Crippen molar-refractivity contribution < 1.29 is 9.53 Å². The Labute approximate surface area is 169 Å². The fraction of sp³-hybridized carbons (Fsp3) is 0.227. The van der Waals surface area contributed by atoms with Crippen LogP contribution in [0.2, 0.25) is 0 Å². The molecule has 0 unspecified atom stereocenters. The molecule has 0 aliphatic rings. The summed E-state index contributed by atoms with van der Waals surface area (Å²) in [4.78, 5) is 15.8. The highest BCUT2D eigenvalue weighted by molar-refractivity contribution is 7.13. The molecule has 144 valence electrons. The number of anilines is 1. The third-order valence-electron chi connectivity index (χ3n) is 4.31. The molecule has 3 rings (SSSR count). The van der Waals surface area contributed by atoms with Crippen LogP contribution >= 0.6 is 11.3 Å². The van der Waals surface area contributed by atoms with Crippen molar-refractivity contribution >= 4 is 28.7 Å². The molecule has 0 aliphatic carbocycles. The van der Waals surface area contributed by atoms with Gasteiger partial charge < -0.3 is 4.74 Å². The first-order chi connectivity index (χ1) is 13.5. The Morgan fingerprint density at radius 1 is 1.14 bits per heavy atom. The van der Waals surface area contributed by atoms with Crippen LogP contribution in [0.15, 0.2) is 52.9 Å². The summed E-state index contributed by atoms with van der Waals surface area (Å²) in [5.74, 6) is -0.272. The summed E-state index contributed by atoms with van der Waals surface area (Å²) < 4.78 is 4.92. The lowest BCUT2D eigenvalue weighted by atomic mass is 10.00. The molecule has 0 saturated carbocycles. The number of aryl methyl sites for hydroxylation is 2. The number of rotatable bonds is 7. The van der Waals surface area contributed by atoms with Crippen molar-refractivity contribution in [3.05, 3.63) is 70.2 Å². The molecule has 1 aromatic heterocycles. The Bertz CT molecular complexity index is 978. The zero-order valence-electron chi connectivity index (χ0n) is 16.2. The van der Waals surface area contributed by atoms with Crippen molar-refractivity contribution in [2.75, 3.05) is 12.0 Å². The highest BCUT2D eigenvalue weighted by Crippen LogP contribution is 2.22. The molecule has 0 saturated heterocycles. The molecular formula is C22H23N3O2S. The first-order valence-electron chi connectivity index (χ1n) is 9.12. The Balaban J connectivity index is 1.58. The van der Waals surface area contributed by atoms with Gasteiger partial charge in [0.05, 0.1) is 24.9 Å². The average Bonchev–Trinajstić information content (AvgIpc) is 3.12. The van der Waals surface area contributed by atoms with Gasteiger partial charge in [0, 0.05) is 5.38 Å². The zero-order valence-corrected chi connectivity index (χ0v) is 17.0. The molecule has 0 aliphatic heterocycles. The Morgan fingerprint density at radius 3 is 2.61 bits per heavy atom. The molecule has 0 fully saturated rings. The maximum Gasteiger partial charge on any atom is 0.311 e. The lowest BCUT2D eigenvalue weighted by molar-refractivity contribution is -0.142. The minimum atomic E-state index is -0.272. The number of carbonyl (C=O) groups excluding carboxylic acids is 1. The molecular weight excluding hydrogens is 370 g/mol. The van der Waals surface area contributed by atoms with Gasteiger partial charge in [-0.2, -0.15) is 5.10 Å². The smallest absolute Gasteiger partial charge is 0.311 e. The first kappa shape index (κ1) is 19.8. The number of benzene rings is 2. The summed E-state index contributed by atoms with van der Waals surface area (Å²) in [7, 11) is 0. The fourth-order valence-electron chi connectivity index (χ4n) is 2.64. The standard InChI is InChI=1S/C22H23N3O2S/c1-4-27-21(26)12-20-14-28-22(24-20)25-23-13-17-6-9-18(10-7-17)19-8-5-15(2)16(3)11-19/h5-11,13-14H,4,12H2,1-3H3,(H,24,25). The number of hydrogen-bond donors (Lipinski definition) is 1. The summed E-state index contributed by atoms with van der Waals surface area (Å²) in [5.41, 5.74) is 9.55. The number of esters is 1. The number of hydrogen-bond acceptors (Lipinski definition) is 6. The van der Waals surface area contributed by atoms with Crippen LogP contribution in [-0.2, 0) is 16.0 Å². The Morgan fingerprint density at radius 2 is 1.89 bits per heavy atom. The SMILES string of the molecule is CCOC(=O)Cc1csc(NN=Cc2ccc(-c3ccc(C)c(C)c3)cc2)n1. The first-order valence-corrected chi connectivity index (χ1v) is 10.00. The highest BCUT2D eigenvalue weighted by atomic mass is 32.1.